The standard InChI is InChI=1S/C23H21BrO6/c1-29-22(27)17-9-7-15(8-10-17)11-18-21(26)19(24)12-23(18,28)20(25)14-30-13-16-5-3-2-4-6-16/h2-12,20,25,28H,13-14H2,1H3/b18-11+/t20-,23-/m1/s1. The summed E-state index contributed by atoms with van der Waals surface area (Å²) >= 11 is 3.14. The van der Waals surface area contributed by atoms with E-state index in [-0.39, 0.29) is 23.3 Å². The molecule has 0 fully saturated rings. The number of Topliss-reactive ketones (excluding diaryl/α,β-unsaturated/α-hetero) is 1. The molecule has 0 heterocycles. The smallest absolute Gasteiger partial charge is 0.337 e. The second kappa shape index (κ2) is 9.49. The molecule has 1 aliphatic rings. The van der Waals surface area contributed by atoms with Crippen LogP contribution in [0.1, 0.15) is 21.5 Å². The average Bonchev–Trinajstić information content (AvgIpc) is 2.98. The highest BCUT2D eigenvalue weighted by Gasteiger charge is 2.46. The van der Waals surface area contributed by atoms with Crippen LogP contribution in [-0.2, 0) is 20.9 Å². The Bertz CT molecular complexity index is 981. The third-order valence-corrected chi connectivity index (χ3v) is 5.37. The lowest BCUT2D eigenvalue weighted by Gasteiger charge is -2.28. The van der Waals surface area contributed by atoms with Gasteiger partial charge in [-0.15, -0.1) is 0 Å². The Labute approximate surface area is 182 Å². The van der Waals surface area contributed by atoms with Gasteiger partial charge < -0.3 is 19.7 Å². The summed E-state index contributed by atoms with van der Waals surface area (Å²) in [6.07, 6.45) is 1.40. The van der Waals surface area contributed by atoms with Crippen molar-refractivity contribution in [3.8, 4) is 0 Å². The summed E-state index contributed by atoms with van der Waals surface area (Å²) in [7, 11) is 1.29. The Morgan fingerprint density at radius 2 is 1.83 bits per heavy atom. The van der Waals surface area contributed by atoms with E-state index >= 15 is 0 Å². The molecule has 0 aliphatic heterocycles. The lowest BCUT2D eigenvalue weighted by molar-refractivity contribution is -0.114. The number of ether oxygens (including phenoxy) is 2. The fourth-order valence-corrected chi connectivity index (χ4v) is 3.66. The molecule has 2 atom stereocenters. The Morgan fingerprint density at radius 1 is 1.17 bits per heavy atom. The topological polar surface area (TPSA) is 93.1 Å². The summed E-state index contributed by atoms with van der Waals surface area (Å²) in [4.78, 5) is 24.1. The molecule has 6 nitrogen and oxygen atoms in total. The Kier molecular flexibility index (Phi) is 6.99. The number of ketones is 1. The quantitative estimate of drug-likeness (QED) is 0.475. The molecular weight excluding hydrogens is 452 g/mol. The van der Waals surface area contributed by atoms with Gasteiger partial charge in [0, 0.05) is 5.57 Å². The fraction of sp³-hybridized carbons (Fsp3) is 0.217. The Balaban J connectivity index is 1.77. The second-order valence-corrected chi connectivity index (χ2v) is 7.69. The summed E-state index contributed by atoms with van der Waals surface area (Å²) in [5, 5.41) is 21.7. The zero-order valence-electron chi connectivity index (χ0n) is 16.2. The molecule has 0 unspecified atom stereocenters. The van der Waals surface area contributed by atoms with Crippen molar-refractivity contribution in [3.05, 3.63) is 87.4 Å². The molecule has 156 valence electrons. The predicted molar refractivity (Wildman–Crippen MR) is 115 cm³/mol. The van der Waals surface area contributed by atoms with Crippen LogP contribution in [0.15, 0.2) is 70.7 Å². The number of carbonyl (C=O) groups excluding carboxylic acids is 2. The first kappa shape index (κ1) is 22.1. The van der Waals surface area contributed by atoms with Gasteiger partial charge in [-0.2, -0.15) is 0 Å². The molecule has 30 heavy (non-hydrogen) atoms. The Hall–Kier alpha value is -2.58. The Morgan fingerprint density at radius 3 is 2.47 bits per heavy atom. The minimum atomic E-state index is -1.91. The molecule has 1 aliphatic carbocycles. The van der Waals surface area contributed by atoms with E-state index in [2.05, 4.69) is 20.7 Å². The van der Waals surface area contributed by atoms with Crippen molar-refractivity contribution in [2.75, 3.05) is 13.7 Å². The first-order valence-electron chi connectivity index (χ1n) is 9.21. The number of aliphatic hydroxyl groups excluding tert-OH is 1. The number of allylic oxidation sites excluding steroid dienone is 1. The van der Waals surface area contributed by atoms with Crippen molar-refractivity contribution in [3.63, 3.8) is 0 Å². The van der Waals surface area contributed by atoms with Crippen LogP contribution >= 0.6 is 15.9 Å². The number of rotatable bonds is 7. The van der Waals surface area contributed by atoms with E-state index in [4.69, 9.17) is 4.74 Å². The van der Waals surface area contributed by atoms with E-state index in [0.29, 0.717) is 11.1 Å². The van der Waals surface area contributed by atoms with Crippen LogP contribution in [0.25, 0.3) is 6.08 Å². The van der Waals surface area contributed by atoms with Gasteiger partial charge in [-0.25, -0.2) is 4.79 Å². The maximum atomic E-state index is 12.6. The third kappa shape index (κ3) is 4.76. The van der Waals surface area contributed by atoms with E-state index in [1.165, 1.54) is 19.3 Å². The number of methoxy groups -OCH3 is 1. The molecule has 0 bridgehead atoms. The van der Waals surface area contributed by atoms with Gasteiger partial charge in [-0.05, 0) is 51.3 Å². The summed E-state index contributed by atoms with van der Waals surface area (Å²) < 4.78 is 10.4. The molecule has 2 aromatic carbocycles. The number of esters is 1. The molecule has 0 aromatic heterocycles. The van der Waals surface area contributed by atoms with Crippen LogP contribution in [-0.4, -0.2) is 47.4 Å². The maximum Gasteiger partial charge on any atom is 0.337 e. The monoisotopic (exact) mass is 472 g/mol. The number of hydrogen-bond acceptors (Lipinski definition) is 6. The molecule has 2 N–H and O–H groups in total. The van der Waals surface area contributed by atoms with Gasteiger partial charge in [0.1, 0.15) is 11.7 Å². The van der Waals surface area contributed by atoms with Gasteiger partial charge in [0.25, 0.3) is 0 Å². The van der Waals surface area contributed by atoms with Crippen LogP contribution < -0.4 is 0 Å². The molecule has 0 spiro atoms. The van der Waals surface area contributed by atoms with Crippen molar-refractivity contribution in [1.82, 2.24) is 0 Å². The first-order chi connectivity index (χ1) is 14.3. The number of hydrogen-bond donors (Lipinski definition) is 2. The van der Waals surface area contributed by atoms with Crippen molar-refractivity contribution < 1.29 is 29.3 Å². The van der Waals surface area contributed by atoms with Gasteiger partial charge in [-0.1, -0.05) is 42.5 Å². The van der Waals surface area contributed by atoms with E-state index < -0.39 is 23.5 Å². The highest BCUT2D eigenvalue weighted by Crippen LogP contribution is 2.37. The maximum absolute atomic E-state index is 12.6. The molecular formula is C23H21BrO6. The summed E-state index contributed by atoms with van der Waals surface area (Å²) in [6, 6.07) is 15.8. The minimum Gasteiger partial charge on any atom is -0.465 e. The predicted octanol–water partition coefficient (Wildman–Crippen LogP) is 3.03. The summed E-state index contributed by atoms with van der Waals surface area (Å²) in [6.45, 7) is 0.0922. The van der Waals surface area contributed by atoms with E-state index in [1.807, 2.05) is 30.3 Å². The first-order valence-corrected chi connectivity index (χ1v) is 10.00. The summed E-state index contributed by atoms with van der Waals surface area (Å²) in [5.41, 5.74) is -0.0275. The van der Waals surface area contributed by atoms with E-state index in [1.54, 1.807) is 24.3 Å². The van der Waals surface area contributed by atoms with Crippen molar-refractivity contribution >= 4 is 33.8 Å². The number of benzene rings is 2. The molecule has 0 amide bonds. The van der Waals surface area contributed by atoms with Crippen LogP contribution in [0.4, 0.5) is 0 Å². The molecule has 0 radical (unpaired) electrons. The van der Waals surface area contributed by atoms with Gasteiger partial charge >= 0.3 is 5.97 Å². The number of aliphatic hydroxyl groups is 2. The fourth-order valence-electron chi connectivity index (χ4n) is 3.09. The summed E-state index contributed by atoms with van der Waals surface area (Å²) in [5.74, 6) is -0.908. The SMILES string of the molecule is COC(=O)c1ccc(/C=C2\C(=O)C(Br)=C[C@]2(O)[C@H](O)COCc2ccccc2)cc1. The van der Waals surface area contributed by atoms with Crippen molar-refractivity contribution in [2.45, 2.75) is 18.3 Å². The average molecular weight is 473 g/mol. The van der Waals surface area contributed by atoms with Crippen molar-refractivity contribution in [2.24, 2.45) is 0 Å². The molecule has 2 aromatic rings. The molecule has 0 saturated heterocycles. The van der Waals surface area contributed by atoms with Crippen molar-refractivity contribution in [1.29, 1.82) is 0 Å². The molecule has 7 heteroatoms. The normalized spacial score (nSPS) is 20.9. The molecule has 3 rings (SSSR count). The highest BCUT2D eigenvalue weighted by molar-refractivity contribution is 9.12. The second-order valence-electron chi connectivity index (χ2n) is 6.83. The van der Waals surface area contributed by atoms with Crippen LogP contribution in [0.2, 0.25) is 0 Å². The van der Waals surface area contributed by atoms with Gasteiger partial charge in [-0.3, -0.25) is 4.79 Å². The lowest BCUT2D eigenvalue weighted by atomic mass is 9.89. The highest BCUT2D eigenvalue weighted by atomic mass is 79.9. The molecule has 0 saturated carbocycles. The van der Waals surface area contributed by atoms with Gasteiger partial charge in [0.05, 0.1) is 30.4 Å². The van der Waals surface area contributed by atoms with Gasteiger partial charge in [0.2, 0.25) is 0 Å². The largest absolute Gasteiger partial charge is 0.465 e. The van der Waals surface area contributed by atoms with Crippen LogP contribution in [0.5, 0.6) is 0 Å². The number of halogens is 1. The van der Waals surface area contributed by atoms with E-state index in [9.17, 15) is 19.8 Å². The zero-order valence-corrected chi connectivity index (χ0v) is 17.8. The number of carbonyl (C=O) groups is 2. The van der Waals surface area contributed by atoms with Crippen LogP contribution in [0, 0.1) is 0 Å². The minimum absolute atomic E-state index is 0.0102. The third-order valence-electron chi connectivity index (χ3n) is 4.78. The van der Waals surface area contributed by atoms with Crippen LogP contribution in [0.3, 0.4) is 0 Å². The van der Waals surface area contributed by atoms with Gasteiger partial charge in [0.15, 0.2) is 5.78 Å². The van der Waals surface area contributed by atoms with E-state index in [0.717, 1.165) is 5.56 Å². The zero-order chi connectivity index (χ0) is 21.7. The lowest BCUT2D eigenvalue weighted by Crippen LogP contribution is -2.44.